The number of carbonyl (C=O) groups excluding carboxylic acids is 3. The maximum absolute atomic E-state index is 13.2. The summed E-state index contributed by atoms with van der Waals surface area (Å²) in [5, 5.41) is 6.24. The molecule has 6 nitrogen and oxygen atoms in total. The summed E-state index contributed by atoms with van der Waals surface area (Å²) in [6.07, 6.45) is 10.6. The minimum atomic E-state index is -0.374. The van der Waals surface area contributed by atoms with Crippen LogP contribution in [-0.2, 0) is 9.59 Å². The fourth-order valence-corrected chi connectivity index (χ4v) is 5.60. The number of piperidine rings is 1. The molecule has 33 heavy (non-hydrogen) atoms. The van der Waals surface area contributed by atoms with E-state index in [4.69, 9.17) is 0 Å². The Bertz CT molecular complexity index is 830. The fraction of sp³-hybridized carbons (Fsp3) is 0.654. The van der Waals surface area contributed by atoms with Crippen molar-refractivity contribution in [2.75, 3.05) is 13.1 Å². The number of halogens is 1. The second kappa shape index (κ2) is 11.1. The van der Waals surface area contributed by atoms with Crippen LogP contribution in [0.2, 0.25) is 0 Å². The average Bonchev–Trinajstić information content (AvgIpc) is 2.85. The van der Waals surface area contributed by atoms with Crippen LogP contribution in [0, 0.1) is 17.7 Å². The van der Waals surface area contributed by atoms with Crippen LogP contribution in [0.4, 0.5) is 4.39 Å². The SMILES string of the molecule is O=C(N[C@@H]1CCCC[C@H]1NC(=O)C1CCN(C(=O)C2CCCCC2)CC1)c1ccc(F)cc1. The largest absolute Gasteiger partial charge is 0.351 e. The van der Waals surface area contributed by atoms with Crippen molar-refractivity contribution < 1.29 is 18.8 Å². The third kappa shape index (κ3) is 6.12. The van der Waals surface area contributed by atoms with Crippen LogP contribution >= 0.6 is 0 Å². The average molecular weight is 458 g/mol. The Morgan fingerprint density at radius 3 is 1.94 bits per heavy atom. The quantitative estimate of drug-likeness (QED) is 0.706. The van der Waals surface area contributed by atoms with E-state index in [0.717, 1.165) is 51.4 Å². The van der Waals surface area contributed by atoms with Crippen molar-refractivity contribution >= 4 is 17.7 Å². The molecule has 1 heterocycles. The number of amides is 3. The first-order chi connectivity index (χ1) is 16.0. The molecule has 0 unspecified atom stereocenters. The third-order valence-corrected chi connectivity index (χ3v) is 7.65. The summed E-state index contributed by atoms with van der Waals surface area (Å²) in [5.74, 6) is -0.207. The van der Waals surface area contributed by atoms with Gasteiger partial charge in [-0.05, 0) is 62.8 Å². The number of hydrogen-bond acceptors (Lipinski definition) is 3. The van der Waals surface area contributed by atoms with Crippen LogP contribution in [0.1, 0.15) is 81.0 Å². The Morgan fingerprint density at radius 1 is 0.727 bits per heavy atom. The molecular weight excluding hydrogens is 421 g/mol. The molecule has 2 atom stereocenters. The van der Waals surface area contributed by atoms with E-state index in [2.05, 4.69) is 10.6 Å². The molecule has 2 aliphatic carbocycles. The Kier molecular flexibility index (Phi) is 7.99. The van der Waals surface area contributed by atoms with Crippen LogP contribution in [0.5, 0.6) is 0 Å². The molecule has 2 N–H and O–H groups in total. The van der Waals surface area contributed by atoms with E-state index in [-0.39, 0.29) is 47.5 Å². The van der Waals surface area contributed by atoms with Gasteiger partial charge in [-0.3, -0.25) is 14.4 Å². The lowest BCUT2D eigenvalue weighted by molar-refractivity contribution is -0.140. The smallest absolute Gasteiger partial charge is 0.251 e. The first-order valence-electron chi connectivity index (χ1n) is 12.7. The second-order valence-corrected chi connectivity index (χ2v) is 9.92. The number of benzene rings is 1. The molecule has 1 saturated heterocycles. The molecular formula is C26H36FN3O3. The number of nitrogens with zero attached hydrogens (tertiary/aromatic N) is 1. The van der Waals surface area contributed by atoms with Crippen molar-refractivity contribution in [3.8, 4) is 0 Å². The molecule has 3 amide bonds. The van der Waals surface area contributed by atoms with Gasteiger partial charge in [0, 0.05) is 42.6 Å². The van der Waals surface area contributed by atoms with E-state index in [9.17, 15) is 18.8 Å². The second-order valence-electron chi connectivity index (χ2n) is 9.92. The molecule has 7 heteroatoms. The summed E-state index contributed by atoms with van der Waals surface area (Å²) in [6.45, 7) is 1.31. The first-order valence-corrected chi connectivity index (χ1v) is 12.7. The Hall–Kier alpha value is -2.44. The standard InChI is InChI=1S/C26H36FN3O3/c27-21-12-10-18(11-13-21)24(31)28-22-8-4-5-9-23(22)29-25(32)19-14-16-30(17-15-19)26(33)20-6-2-1-3-7-20/h10-13,19-20,22-23H,1-9,14-17H2,(H,28,31)(H,29,32)/t22-,23-/m1/s1. The number of rotatable bonds is 5. The molecule has 1 aliphatic heterocycles. The molecule has 3 fully saturated rings. The van der Waals surface area contributed by atoms with E-state index in [1.165, 1.54) is 30.7 Å². The van der Waals surface area contributed by atoms with E-state index < -0.39 is 0 Å². The van der Waals surface area contributed by atoms with Gasteiger partial charge in [-0.2, -0.15) is 0 Å². The van der Waals surface area contributed by atoms with Gasteiger partial charge in [-0.15, -0.1) is 0 Å². The minimum absolute atomic E-state index is 0.0349. The summed E-state index contributed by atoms with van der Waals surface area (Å²) >= 11 is 0. The van der Waals surface area contributed by atoms with Gasteiger partial charge in [0.15, 0.2) is 0 Å². The summed E-state index contributed by atoms with van der Waals surface area (Å²) < 4.78 is 13.2. The monoisotopic (exact) mass is 457 g/mol. The lowest BCUT2D eigenvalue weighted by atomic mass is 9.86. The van der Waals surface area contributed by atoms with Gasteiger partial charge in [0.2, 0.25) is 11.8 Å². The van der Waals surface area contributed by atoms with Crippen LogP contribution in [0.25, 0.3) is 0 Å². The molecule has 0 bridgehead atoms. The highest BCUT2D eigenvalue weighted by Gasteiger charge is 2.34. The normalized spacial score (nSPS) is 24.8. The molecule has 2 saturated carbocycles. The van der Waals surface area contributed by atoms with Crippen molar-refractivity contribution in [3.63, 3.8) is 0 Å². The zero-order chi connectivity index (χ0) is 23.2. The van der Waals surface area contributed by atoms with Crippen LogP contribution in [-0.4, -0.2) is 47.8 Å². The Morgan fingerprint density at radius 2 is 1.30 bits per heavy atom. The van der Waals surface area contributed by atoms with Crippen LogP contribution in [0.15, 0.2) is 24.3 Å². The van der Waals surface area contributed by atoms with Crippen molar-refractivity contribution in [1.29, 1.82) is 0 Å². The van der Waals surface area contributed by atoms with E-state index >= 15 is 0 Å². The molecule has 1 aromatic carbocycles. The van der Waals surface area contributed by atoms with Gasteiger partial charge < -0.3 is 15.5 Å². The number of carbonyl (C=O) groups is 3. The summed E-state index contributed by atoms with van der Waals surface area (Å²) in [6, 6.07) is 5.28. The minimum Gasteiger partial charge on any atom is -0.351 e. The fourth-order valence-electron chi connectivity index (χ4n) is 5.60. The van der Waals surface area contributed by atoms with Gasteiger partial charge in [0.1, 0.15) is 5.82 Å². The molecule has 180 valence electrons. The molecule has 1 aromatic rings. The Labute approximate surface area is 195 Å². The van der Waals surface area contributed by atoms with Crippen LogP contribution in [0.3, 0.4) is 0 Å². The highest BCUT2D eigenvalue weighted by molar-refractivity contribution is 5.94. The summed E-state index contributed by atoms with van der Waals surface area (Å²) in [4.78, 5) is 40.4. The number of likely N-dealkylation sites (tertiary alicyclic amines) is 1. The molecule has 0 spiro atoms. The van der Waals surface area contributed by atoms with E-state index in [0.29, 0.717) is 31.5 Å². The van der Waals surface area contributed by atoms with Crippen molar-refractivity contribution in [2.24, 2.45) is 11.8 Å². The zero-order valence-electron chi connectivity index (χ0n) is 19.4. The van der Waals surface area contributed by atoms with Crippen molar-refractivity contribution in [1.82, 2.24) is 15.5 Å². The van der Waals surface area contributed by atoms with E-state index in [1.54, 1.807) is 0 Å². The summed E-state index contributed by atoms with van der Waals surface area (Å²) in [5.41, 5.74) is 0.419. The summed E-state index contributed by atoms with van der Waals surface area (Å²) in [7, 11) is 0. The highest BCUT2D eigenvalue weighted by Crippen LogP contribution is 2.28. The van der Waals surface area contributed by atoms with Gasteiger partial charge in [-0.1, -0.05) is 32.1 Å². The lowest BCUT2D eigenvalue weighted by Crippen LogP contribution is -2.55. The van der Waals surface area contributed by atoms with Gasteiger partial charge in [-0.25, -0.2) is 4.39 Å². The third-order valence-electron chi connectivity index (χ3n) is 7.65. The Balaban J connectivity index is 1.27. The highest BCUT2D eigenvalue weighted by atomic mass is 19.1. The molecule has 3 aliphatic rings. The molecule has 0 radical (unpaired) electrons. The zero-order valence-corrected chi connectivity index (χ0v) is 19.4. The topological polar surface area (TPSA) is 78.5 Å². The van der Waals surface area contributed by atoms with Gasteiger partial charge in [0.25, 0.3) is 5.91 Å². The number of hydrogen-bond donors (Lipinski definition) is 2. The number of nitrogens with one attached hydrogen (secondary N) is 2. The molecule has 4 rings (SSSR count). The van der Waals surface area contributed by atoms with Gasteiger partial charge in [0.05, 0.1) is 0 Å². The predicted molar refractivity (Wildman–Crippen MR) is 124 cm³/mol. The first kappa shape index (κ1) is 23.7. The molecule has 0 aromatic heterocycles. The van der Waals surface area contributed by atoms with Crippen molar-refractivity contribution in [2.45, 2.75) is 82.7 Å². The maximum Gasteiger partial charge on any atom is 0.251 e. The van der Waals surface area contributed by atoms with Gasteiger partial charge >= 0.3 is 0 Å². The maximum atomic E-state index is 13.2. The van der Waals surface area contributed by atoms with Crippen LogP contribution < -0.4 is 10.6 Å². The van der Waals surface area contributed by atoms with E-state index in [1.807, 2.05) is 4.90 Å². The predicted octanol–water partition coefficient (Wildman–Crippen LogP) is 3.80. The van der Waals surface area contributed by atoms with Crippen molar-refractivity contribution in [3.05, 3.63) is 35.6 Å². The lowest BCUT2D eigenvalue weighted by Gasteiger charge is -2.37.